The van der Waals surface area contributed by atoms with Crippen molar-refractivity contribution in [1.82, 2.24) is 15.1 Å². The lowest BCUT2D eigenvalue weighted by molar-refractivity contribution is 0.0953. The van der Waals surface area contributed by atoms with Gasteiger partial charge in [0.05, 0.1) is 12.8 Å². The number of carbonyl (C=O) groups excluding carboxylic acids is 1. The van der Waals surface area contributed by atoms with Crippen molar-refractivity contribution < 1.29 is 9.21 Å². The van der Waals surface area contributed by atoms with Crippen LogP contribution in [0.25, 0.3) is 22.2 Å². The number of amides is 1. The van der Waals surface area contributed by atoms with Crippen LogP contribution in [0.4, 0.5) is 0 Å². The number of rotatable bonds is 5. The van der Waals surface area contributed by atoms with E-state index in [-0.39, 0.29) is 24.6 Å². The fourth-order valence-corrected chi connectivity index (χ4v) is 2.96. The van der Waals surface area contributed by atoms with Gasteiger partial charge >= 0.3 is 0 Å². The highest BCUT2D eigenvalue weighted by molar-refractivity contribution is 6.06. The molecule has 4 rings (SSSR count). The molecule has 4 aromatic rings. The second-order valence-electron chi connectivity index (χ2n) is 6.04. The summed E-state index contributed by atoms with van der Waals surface area (Å²) in [5, 5.41) is 9.06. The smallest absolute Gasteiger partial charge is 0.266 e. The molecule has 0 radical (unpaired) electrons. The topological polar surface area (TPSA) is 77.1 Å². The van der Waals surface area contributed by atoms with Crippen molar-refractivity contribution in [3.63, 3.8) is 0 Å². The highest BCUT2D eigenvalue weighted by Gasteiger charge is 2.10. The summed E-state index contributed by atoms with van der Waals surface area (Å²) in [6, 6.07) is 19.9. The molecule has 6 heteroatoms. The molecular formula is C21H17N3O3. The van der Waals surface area contributed by atoms with Gasteiger partial charge in [-0.25, -0.2) is 4.68 Å². The number of aromatic nitrogens is 2. The van der Waals surface area contributed by atoms with Gasteiger partial charge in [-0.3, -0.25) is 9.59 Å². The van der Waals surface area contributed by atoms with Crippen molar-refractivity contribution in [2.24, 2.45) is 0 Å². The lowest BCUT2D eigenvalue weighted by Crippen LogP contribution is -2.32. The largest absolute Gasteiger partial charge is 0.463 e. The van der Waals surface area contributed by atoms with Crippen LogP contribution < -0.4 is 10.9 Å². The highest BCUT2D eigenvalue weighted by atomic mass is 16.3. The van der Waals surface area contributed by atoms with Crippen molar-refractivity contribution >= 4 is 16.7 Å². The van der Waals surface area contributed by atoms with E-state index in [2.05, 4.69) is 10.4 Å². The van der Waals surface area contributed by atoms with Crippen LogP contribution in [0.5, 0.6) is 0 Å². The molecule has 134 valence electrons. The van der Waals surface area contributed by atoms with Gasteiger partial charge in [-0.2, -0.15) is 5.10 Å². The Morgan fingerprint density at radius 2 is 1.85 bits per heavy atom. The van der Waals surface area contributed by atoms with E-state index in [1.807, 2.05) is 36.4 Å². The van der Waals surface area contributed by atoms with Crippen LogP contribution in [0.1, 0.15) is 10.4 Å². The number of fused-ring (bicyclic) bond motifs is 1. The molecule has 27 heavy (non-hydrogen) atoms. The average molecular weight is 359 g/mol. The molecule has 2 aromatic carbocycles. The maximum Gasteiger partial charge on any atom is 0.266 e. The first kappa shape index (κ1) is 16.8. The Balaban J connectivity index is 1.47. The normalized spacial score (nSPS) is 10.8. The summed E-state index contributed by atoms with van der Waals surface area (Å²) in [6.45, 7) is 0.556. The Hall–Kier alpha value is -3.67. The third kappa shape index (κ3) is 3.50. The Bertz CT molecular complexity index is 1140. The zero-order valence-corrected chi connectivity index (χ0v) is 14.5. The second-order valence-corrected chi connectivity index (χ2v) is 6.04. The molecule has 0 unspecified atom stereocenters. The van der Waals surface area contributed by atoms with Crippen LogP contribution >= 0.6 is 0 Å². The summed E-state index contributed by atoms with van der Waals surface area (Å²) >= 11 is 0. The molecule has 0 aliphatic heterocycles. The average Bonchev–Trinajstić information content (AvgIpc) is 3.23. The van der Waals surface area contributed by atoms with Crippen molar-refractivity contribution in [1.29, 1.82) is 0 Å². The number of nitrogens with one attached hydrogen (secondary N) is 1. The predicted octanol–water partition coefficient (Wildman–Crippen LogP) is 3.09. The first-order valence-corrected chi connectivity index (χ1v) is 8.60. The van der Waals surface area contributed by atoms with Crippen molar-refractivity contribution in [3.8, 4) is 11.5 Å². The molecular weight excluding hydrogens is 342 g/mol. The number of hydrogen-bond donors (Lipinski definition) is 1. The minimum atomic E-state index is -0.232. The number of carbonyl (C=O) groups is 1. The van der Waals surface area contributed by atoms with E-state index >= 15 is 0 Å². The van der Waals surface area contributed by atoms with Gasteiger partial charge in [0, 0.05) is 18.2 Å². The summed E-state index contributed by atoms with van der Waals surface area (Å²) < 4.78 is 6.63. The summed E-state index contributed by atoms with van der Waals surface area (Å²) in [5.74, 6) is 0.408. The zero-order chi connectivity index (χ0) is 18.6. The molecule has 0 atom stereocenters. The molecule has 1 amide bonds. The lowest BCUT2D eigenvalue weighted by Gasteiger charge is -2.09. The second kappa shape index (κ2) is 7.29. The minimum absolute atomic E-state index is 0.179. The SMILES string of the molecule is O=C(NCCn1nc(-c2ccco2)ccc1=O)c1cccc2ccccc12. The molecule has 0 saturated carbocycles. The van der Waals surface area contributed by atoms with Gasteiger partial charge < -0.3 is 9.73 Å². The third-order valence-electron chi connectivity index (χ3n) is 4.28. The Morgan fingerprint density at radius 1 is 1.00 bits per heavy atom. The minimum Gasteiger partial charge on any atom is -0.463 e. The van der Waals surface area contributed by atoms with Gasteiger partial charge in [0.1, 0.15) is 5.69 Å². The molecule has 1 N–H and O–H groups in total. The van der Waals surface area contributed by atoms with E-state index < -0.39 is 0 Å². The number of nitrogens with zero attached hydrogens (tertiary/aromatic N) is 2. The van der Waals surface area contributed by atoms with Gasteiger partial charge in [0.15, 0.2) is 5.76 Å². The maximum absolute atomic E-state index is 12.6. The van der Waals surface area contributed by atoms with Crippen LogP contribution in [0, 0.1) is 0 Å². The summed E-state index contributed by atoms with van der Waals surface area (Å²) in [7, 11) is 0. The highest BCUT2D eigenvalue weighted by Crippen LogP contribution is 2.18. The summed E-state index contributed by atoms with van der Waals surface area (Å²) in [4.78, 5) is 24.6. The fourth-order valence-electron chi connectivity index (χ4n) is 2.96. The number of furan rings is 1. The third-order valence-corrected chi connectivity index (χ3v) is 4.28. The van der Waals surface area contributed by atoms with Gasteiger partial charge in [0.25, 0.3) is 11.5 Å². The van der Waals surface area contributed by atoms with Crippen LogP contribution in [-0.4, -0.2) is 22.2 Å². The number of benzene rings is 2. The molecule has 0 fully saturated rings. The standard InChI is InChI=1S/C21H17N3O3/c25-20-11-10-18(19-9-4-14-27-19)23-24(20)13-12-22-21(26)17-8-3-6-15-5-1-2-7-16(15)17/h1-11,14H,12-13H2,(H,22,26). The van der Waals surface area contributed by atoms with E-state index in [0.29, 0.717) is 17.0 Å². The molecule has 0 saturated heterocycles. The maximum atomic E-state index is 12.6. The van der Waals surface area contributed by atoms with Gasteiger partial charge in [0.2, 0.25) is 0 Å². The fraction of sp³-hybridized carbons (Fsp3) is 0.0952. The Labute approximate surface area is 155 Å². The Kier molecular flexibility index (Phi) is 4.53. The molecule has 0 spiro atoms. The lowest BCUT2D eigenvalue weighted by atomic mass is 10.0. The van der Waals surface area contributed by atoms with E-state index in [0.717, 1.165) is 10.8 Å². The summed E-state index contributed by atoms with van der Waals surface area (Å²) in [5.41, 5.74) is 0.947. The first-order chi connectivity index (χ1) is 13.2. The number of hydrogen-bond acceptors (Lipinski definition) is 4. The van der Waals surface area contributed by atoms with E-state index in [9.17, 15) is 9.59 Å². The monoisotopic (exact) mass is 359 g/mol. The molecule has 0 bridgehead atoms. The predicted molar refractivity (Wildman–Crippen MR) is 102 cm³/mol. The van der Waals surface area contributed by atoms with Crippen molar-refractivity contribution in [2.75, 3.05) is 6.54 Å². The molecule has 0 aliphatic rings. The molecule has 2 aromatic heterocycles. The van der Waals surface area contributed by atoms with Crippen LogP contribution in [0.15, 0.2) is 82.2 Å². The van der Waals surface area contributed by atoms with E-state index in [1.165, 1.54) is 10.7 Å². The van der Waals surface area contributed by atoms with Crippen molar-refractivity contribution in [2.45, 2.75) is 6.54 Å². The molecule has 6 nitrogen and oxygen atoms in total. The van der Waals surface area contributed by atoms with Crippen LogP contribution in [0.3, 0.4) is 0 Å². The quantitative estimate of drug-likeness (QED) is 0.594. The van der Waals surface area contributed by atoms with E-state index in [1.54, 1.807) is 30.5 Å². The van der Waals surface area contributed by atoms with Gasteiger partial charge in [-0.05, 0) is 35.0 Å². The van der Waals surface area contributed by atoms with Gasteiger partial charge in [-0.15, -0.1) is 0 Å². The van der Waals surface area contributed by atoms with E-state index in [4.69, 9.17) is 4.42 Å². The molecule has 0 aliphatic carbocycles. The molecule has 2 heterocycles. The van der Waals surface area contributed by atoms with Crippen LogP contribution in [0.2, 0.25) is 0 Å². The summed E-state index contributed by atoms with van der Waals surface area (Å²) in [6.07, 6.45) is 1.55. The van der Waals surface area contributed by atoms with Gasteiger partial charge in [-0.1, -0.05) is 36.4 Å². The first-order valence-electron chi connectivity index (χ1n) is 8.60. The van der Waals surface area contributed by atoms with Crippen molar-refractivity contribution in [3.05, 3.63) is 88.9 Å². The van der Waals surface area contributed by atoms with Crippen LogP contribution in [-0.2, 0) is 6.54 Å². The Morgan fingerprint density at radius 3 is 2.70 bits per heavy atom. The zero-order valence-electron chi connectivity index (χ0n) is 14.5.